The molecule has 0 saturated carbocycles. The number of pyridine rings is 2. The van der Waals surface area contributed by atoms with Gasteiger partial charge in [-0.2, -0.15) is 0 Å². The van der Waals surface area contributed by atoms with Crippen molar-refractivity contribution in [2.45, 2.75) is 18.9 Å². The number of hydrogen-bond donors (Lipinski definition) is 2. The number of rotatable bonds is 5. The molecule has 2 N–H and O–H groups in total. The summed E-state index contributed by atoms with van der Waals surface area (Å²) in [7, 11) is 1.80. The minimum absolute atomic E-state index is 0.273. The zero-order chi connectivity index (χ0) is 23.0. The number of β-amino-alcohol motifs (C(OH)–C–C–N with tert-alkyl or cyclic N) is 1. The molecule has 32 heavy (non-hydrogen) atoms. The van der Waals surface area contributed by atoms with Crippen LogP contribution in [0.25, 0.3) is 22.8 Å². The van der Waals surface area contributed by atoms with E-state index >= 15 is 0 Å². The van der Waals surface area contributed by atoms with Crippen LogP contribution in [0.15, 0.2) is 59.5 Å². The molecule has 1 aliphatic rings. The Bertz CT molecular complexity index is 1300. The first-order valence-electron chi connectivity index (χ1n) is 10.8. The summed E-state index contributed by atoms with van der Waals surface area (Å²) in [5.41, 5.74) is 2.83. The second-order valence-corrected chi connectivity index (χ2v) is 7.85. The summed E-state index contributed by atoms with van der Waals surface area (Å²) in [6.45, 7) is 1.75. The predicted molar refractivity (Wildman–Crippen MR) is 119 cm³/mol. The zero-order valence-electron chi connectivity index (χ0n) is 18.7. The van der Waals surface area contributed by atoms with Crippen molar-refractivity contribution in [2.24, 2.45) is 0 Å². The third-order valence-electron chi connectivity index (χ3n) is 5.41. The van der Waals surface area contributed by atoms with Crippen LogP contribution >= 0.6 is 0 Å². The minimum Gasteiger partial charge on any atom is -0.380 e. The maximum atomic E-state index is 11.0. The van der Waals surface area contributed by atoms with Gasteiger partial charge in [-0.3, -0.25) is 4.98 Å². The molecule has 0 aromatic carbocycles. The van der Waals surface area contributed by atoms with Crippen molar-refractivity contribution in [3.05, 3.63) is 66.3 Å². The summed E-state index contributed by atoms with van der Waals surface area (Å²) >= 11 is 0. The largest absolute Gasteiger partial charge is 0.380 e. The van der Waals surface area contributed by atoms with Crippen LogP contribution in [-0.4, -0.2) is 55.2 Å². The van der Waals surface area contributed by atoms with Gasteiger partial charge in [0.05, 0.1) is 17.1 Å². The molecule has 162 valence electrons. The van der Waals surface area contributed by atoms with E-state index < -0.39 is 12.1 Å². The molecule has 0 amide bonds. The summed E-state index contributed by atoms with van der Waals surface area (Å²) in [6, 6.07) is 10.8. The fraction of sp³-hybridized carbons (Fsp3) is 0.261. The summed E-state index contributed by atoms with van der Waals surface area (Å²) in [5, 5.41) is 18.3. The molecule has 9 nitrogen and oxygen atoms in total. The lowest BCUT2D eigenvalue weighted by atomic mass is 9.99. The monoisotopic (exact) mass is 430 g/mol. The molecule has 1 aliphatic heterocycles. The fourth-order valence-corrected chi connectivity index (χ4v) is 3.64. The van der Waals surface area contributed by atoms with E-state index in [9.17, 15) is 5.11 Å². The molecule has 4 aromatic rings. The van der Waals surface area contributed by atoms with Gasteiger partial charge in [0.15, 0.2) is 5.76 Å². The van der Waals surface area contributed by atoms with Crippen LogP contribution < -0.4 is 5.32 Å². The predicted octanol–water partition coefficient (Wildman–Crippen LogP) is 3.16. The lowest BCUT2D eigenvalue weighted by Gasteiger charge is -2.18. The number of nitrogens with one attached hydrogen (secondary N) is 1. The average Bonchev–Trinajstić information content (AvgIpc) is 3.43. The highest BCUT2D eigenvalue weighted by Gasteiger charge is 2.39. The zero-order valence-corrected chi connectivity index (χ0v) is 17.7. The van der Waals surface area contributed by atoms with Crippen molar-refractivity contribution in [1.82, 2.24) is 30.0 Å². The van der Waals surface area contributed by atoms with Gasteiger partial charge in [0.1, 0.15) is 11.3 Å². The Balaban J connectivity index is 1.42. The highest BCUT2D eigenvalue weighted by atomic mass is 16.5. The van der Waals surface area contributed by atoms with Gasteiger partial charge in [-0.05, 0) is 50.2 Å². The normalized spacial score (nSPS) is 21.5. The highest BCUT2D eigenvalue weighted by molar-refractivity contribution is 5.64. The molecule has 2 atom stereocenters. The maximum Gasteiger partial charge on any atom is 0.227 e. The van der Waals surface area contributed by atoms with E-state index in [1.807, 2.05) is 31.2 Å². The van der Waals surface area contributed by atoms with E-state index in [-0.39, 0.29) is 5.76 Å². The topological polar surface area (TPSA) is 113 Å². The number of aromatic nitrogens is 5. The standard InChI is InChI=1S/C23H23N7O2/c1-15-13-24-9-6-16(15)27-22-25-10-7-19(28-22)17-4-3-5-18(26-17)20-12-21(32-29-20)23(31)8-11-30(2)14-23/h3-7,9-10,12-13,31H,8,11,14H2,1-2H3,(H,24,25,27,28)/i14D/t14-,23?/m1/s1. The van der Waals surface area contributed by atoms with Gasteiger partial charge in [0.2, 0.25) is 5.95 Å². The first-order chi connectivity index (χ1) is 15.9. The first kappa shape index (κ1) is 19.0. The Labute approximate surface area is 186 Å². The number of anilines is 2. The van der Waals surface area contributed by atoms with Crippen LogP contribution in [0, 0.1) is 6.92 Å². The molecule has 1 saturated heterocycles. The second kappa shape index (κ2) is 8.10. The molecule has 4 aromatic heterocycles. The molecule has 1 unspecified atom stereocenters. The Hall–Kier alpha value is -3.69. The fourth-order valence-electron chi connectivity index (χ4n) is 3.64. The highest BCUT2D eigenvalue weighted by Crippen LogP contribution is 2.33. The molecule has 0 radical (unpaired) electrons. The maximum absolute atomic E-state index is 11.0. The van der Waals surface area contributed by atoms with Crippen molar-refractivity contribution < 1.29 is 11.0 Å². The Kier molecular flexibility index (Phi) is 4.82. The van der Waals surface area contributed by atoms with Crippen LogP contribution in [0.2, 0.25) is 0 Å². The number of nitrogens with zero attached hydrogens (tertiary/aromatic N) is 6. The molecule has 5 heterocycles. The van der Waals surface area contributed by atoms with Crippen molar-refractivity contribution in [2.75, 3.05) is 25.4 Å². The van der Waals surface area contributed by atoms with E-state index in [1.54, 1.807) is 42.7 Å². The average molecular weight is 430 g/mol. The Morgan fingerprint density at radius 3 is 2.72 bits per heavy atom. The Morgan fingerprint density at radius 2 is 1.94 bits per heavy atom. The van der Waals surface area contributed by atoms with Crippen molar-refractivity contribution >= 4 is 11.6 Å². The number of likely N-dealkylation sites (N-methyl/N-ethyl adjacent to an activating group) is 1. The SMILES string of the molecule is [2H][C@H]1N(C)CCC1(O)c1cc(-c2cccc(-c3ccnc(Nc4ccncc4C)n3)n2)no1. The lowest BCUT2D eigenvalue weighted by Crippen LogP contribution is -2.28. The molecular formula is C23H23N7O2. The third-order valence-corrected chi connectivity index (χ3v) is 5.41. The van der Waals surface area contributed by atoms with Crippen molar-refractivity contribution in [1.29, 1.82) is 0 Å². The summed E-state index contributed by atoms with van der Waals surface area (Å²) in [5.74, 6) is 0.724. The van der Waals surface area contributed by atoms with Crippen LogP contribution in [0.1, 0.15) is 19.1 Å². The second-order valence-electron chi connectivity index (χ2n) is 7.85. The van der Waals surface area contributed by atoms with E-state index in [1.165, 1.54) is 0 Å². The van der Waals surface area contributed by atoms with Gasteiger partial charge in [-0.15, -0.1) is 0 Å². The number of aliphatic hydroxyl groups is 1. The molecule has 5 rings (SSSR count). The van der Waals surface area contributed by atoms with Gasteiger partial charge in [-0.25, -0.2) is 15.0 Å². The molecule has 0 spiro atoms. The lowest BCUT2D eigenvalue weighted by molar-refractivity contribution is 0.0211. The number of hydrogen-bond acceptors (Lipinski definition) is 9. The van der Waals surface area contributed by atoms with Crippen LogP contribution in [-0.2, 0) is 5.60 Å². The van der Waals surface area contributed by atoms with Crippen LogP contribution in [0.3, 0.4) is 0 Å². The summed E-state index contributed by atoms with van der Waals surface area (Å²) in [6.07, 6.45) is 5.56. The van der Waals surface area contributed by atoms with E-state index in [0.717, 1.165) is 11.3 Å². The Morgan fingerprint density at radius 1 is 1.12 bits per heavy atom. The number of likely N-dealkylation sites (tertiary alicyclic amines) is 1. The first-order valence-corrected chi connectivity index (χ1v) is 10.2. The molecule has 0 aliphatic carbocycles. The summed E-state index contributed by atoms with van der Waals surface area (Å²) < 4.78 is 13.7. The molecular weight excluding hydrogens is 406 g/mol. The van der Waals surface area contributed by atoms with Gasteiger partial charge in [0.25, 0.3) is 0 Å². The summed E-state index contributed by atoms with van der Waals surface area (Å²) in [4.78, 5) is 19.5. The third kappa shape index (κ3) is 3.95. The molecule has 0 bridgehead atoms. The van der Waals surface area contributed by atoms with E-state index in [0.29, 0.717) is 41.7 Å². The van der Waals surface area contributed by atoms with Gasteiger partial charge in [-0.1, -0.05) is 11.2 Å². The van der Waals surface area contributed by atoms with E-state index in [4.69, 9.17) is 5.89 Å². The van der Waals surface area contributed by atoms with Crippen LogP contribution in [0.5, 0.6) is 0 Å². The van der Waals surface area contributed by atoms with Crippen LogP contribution in [0.4, 0.5) is 11.6 Å². The quantitative estimate of drug-likeness (QED) is 0.493. The van der Waals surface area contributed by atoms with Gasteiger partial charge >= 0.3 is 0 Å². The minimum atomic E-state index is -1.39. The smallest absolute Gasteiger partial charge is 0.227 e. The number of aryl methyl sites for hydroxylation is 1. The molecule has 1 fully saturated rings. The van der Waals surface area contributed by atoms with Crippen molar-refractivity contribution in [3.8, 4) is 22.8 Å². The molecule has 9 heteroatoms. The van der Waals surface area contributed by atoms with E-state index in [2.05, 4.69) is 30.4 Å². The van der Waals surface area contributed by atoms with Gasteiger partial charge in [0, 0.05) is 44.8 Å². The van der Waals surface area contributed by atoms with Crippen molar-refractivity contribution in [3.63, 3.8) is 0 Å². The van der Waals surface area contributed by atoms with Gasteiger partial charge < -0.3 is 19.8 Å².